The average molecular weight is 376 g/mol. The van der Waals surface area contributed by atoms with Crippen molar-refractivity contribution in [2.24, 2.45) is 11.8 Å². The predicted octanol–water partition coefficient (Wildman–Crippen LogP) is 3.04. The summed E-state index contributed by atoms with van der Waals surface area (Å²) in [5.41, 5.74) is 0.799. The van der Waals surface area contributed by atoms with Crippen LogP contribution in [-0.2, 0) is 14.3 Å². The maximum absolute atomic E-state index is 14.6. The number of allylic oxidation sites excluding steroid dienone is 2. The molecule has 1 aromatic carbocycles. The second-order valence-corrected chi connectivity index (χ2v) is 7.31. The molecule has 1 aliphatic heterocycles. The van der Waals surface area contributed by atoms with Crippen LogP contribution in [0.15, 0.2) is 30.4 Å². The van der Waals surface area contributed by atoms with Gasteiger partial charge in [-0.25, -0.2) is 4.39 Å². The highest BCUT2D eigenvalue weighted by molar-refractivity contribution is 5.95. The molecule has 27 heavy (non-hydrogen) atoms. The van der Waals surface area contributed by atoms with Crippen LogP contribution in [0, 0.1) is 17.7 Å². The molecule has 1 saturated heterocycles. The van der Waals surface area contributed by atoms with E-state index >= 15 is 0 Å². The highest BCUT2D eigenvalue weighted by atomic mass is 19.1. The Labute approximate surface area is 158 Å². The van der Waals surface area contributed by atoms with E-state index in [9.17, 15) is 19.1 Å². The van der Waals surface area contributed by atoms with Gasteiger partial charge in [0, 0.05) is 18.8 Å². The summed E-state index contributed by atoms with van der Waals surface area (Å²) >= 11 is 0. The number of nitrogens with zero attached hydrogens (tertiary/aromatic N) is 1. The summed E-state index contributed by atoms with van der Waals surface area (Å²) in [6.45, 7) is 5.10. The molecular formula is C20H25FN2O4. The first kappa shape index (κ1) is 19.4. The molecule has 0 unspecified atom stereocenters. The van der Waals surface area contributed by atoms with E-state index in [1.165, 1.54) is 6.07 Å². The molecule has 3 rings (SSSR count). The van der Waals surface area contributed by atoms with Crippen LogP contribution >= 0.6 is 0 Å². The summed E-state index contributed by atoms with van der Waals surface area (Å²) in [6.07, 6.45) is 4.32. The number of halogens is 1. The van der Waals surface area contributed by atoms with Crippen molar-refractivity contribution in [1.29, 1.82) is 0 Å². The molecule has 7 heteroatoms. The van der Waals surface area contributed by atoms with Crippen LogP contribution in [-0.4, -0.2) is 42.3 Å². The molecule has 0 bridgehead atoms. The van der Waals surface area contributed by atoms with Gasteiger partial charge in [-0.1, -0.05) is 12.2 Å². The number of nitrogens with one attached hydrogen (secondary N) is 1. The van der Waals surface area contributed by atoms with Gasteiger partial charge in [-0.05, 0) is 44.9 Å². The van der Waals surface area contributed by atoms with Crippen molar-refractivity contribution in [2.45, 2.75) is 38.9 Å². The Morgan fingerprint density at radius 2 is 1.78 bits per heavy atom. The van der Waals surface area contributed by atoms with E-state index in [4.69, 9.17) is 4.74 Å². The van der Waals surface area contributed by atoms with Gasteiger partial charge < -0.3 is 20.1 Å². The van der Waals surface area contributed by atoms with Gasteiger partial charge in [0.1, 0.15) is 5.82 Å². The van der Waals surface area contributed by atoms with Crippen LogP contribution in [0.5, 0.6) is 0 Å². The molecule has 1 aliphatic carbocycles. The Hall–Kier alpha value is -2.41. The van der Waals surface area contributed by atoms with Gasteiger partial charge in [0.15, 0.2) is 0 Å². The zero-order valence-corrected chi connectivity index (χ0v) is 15.5. The molecule has 0 radical (unpaired) electrons. The lowest BCUT2D eigenvalue weighted by Crippen LogP contribution is -2.45. The summed E-state index contributed by atoms with van der Waals surface area (Å²) < 4.78 is 20.3. The van der Waals surface area contributed by atoms with Gasteiger partial charge in [0.2, 0.25) is 5.91 Å². The number of amides is 1. The largest absolute Gasteiger partial charge is 0.481 e. The molecule has 1 amide bonds. The number of hydrogen-bond acceptors (Lipinski definition) is 4. The van der Waals surface area contributed by atoms with Crippen molar-refractivity contribution in [3.05, 3.63) is 36.2 Å². The zero-order valence-electron chi connectivity index (χ0n) is 15.5. The normalized spacial score (nSPS) is 28.0. The Bertz CT molecular complexity index is 741. The first-order chi connectivity index (χ1) is 12.8. The lowest BCUT2D eigenvalue weighted by atomic mass is 9.82. The van der Waals surface area contributed by atoms with E-state index in [1.54, 1.807) is 18.2 Å². The molecular weight excluding hydrogens is 351 g/mol. The second-order valence-electron chi connectivity index (χ2n) is 7.31. The Morgan fingerprint density at radius 3 is 2.37 bits per heavy atom. The number of ether oxygens (including phenoxy) is 1. The topological polar surface area (TPSA) is 78.9 Å². The maximum Gasteiger partial charge on any atom is 0.307 e. The van der Waals surface area contributed by atoms with Crippen LogP contribution in [0.2, 0.25) is 0 Å². The predicted molar refractivity (Wildman–Crippen MR) is 100 cm³/mol. The molecule has 6 nitrogen and oxygen atoms in total. The zero-order chi connectivity index (χ0) is 19.6. The number of morpholine rings is 1. The fraction of sp³-hybridized carbons (Fsp3) is 0.500. The summed E-state index contributed by atoms with van der Waals surface area (Å²) in [6, 6.07) is 4.58. The molecule has 2 N–H and O–H groups in total. The summed E-state index contributed by atoms with van der Waals surface area (Å²) in [5.74, 6) is -3.22. The van der Waals surface area contributed by atoms with Crippen LogP contribution in [0.4, 0.5) is 15.8 Å². The number of aliphatic carboxylic acids is 1. The molecule has 2 aliphatic rings. The van der Waals surface area contributed by atoms with Crippen LogP contribution < -0.4 is 10.2 Å². The molecule has 4 atom stereocenters. The minimum Gasteiger partial charge on any atom is -0.481 e. The minimum absolute atomic E-state index is 0.0137. The third-order valence-electron chi connectivity index (χ3n) is 5.06. The lowest BCUT2D eigenvalue weighted by Gasteiger charge is -2.37. The highest BCUT2D eigenvalue weighted by Gasteiger charge is 2.34. The number of rotatable bonds is 4. The molecule has 1 aromatic rings. The molecule has 1 heterocycles. The van der Waals surface area contributed by atoms with E-state index in [-0.39, 0.29) is 12.2 Å². The van der Waals surface area contributed by atoms with Crippen LogP contribution in [0.3, 0.4) is 0 Å². The van der Waals surface area contributed by atoms with E-state index in [2.05, 4.69) is 5.32 Å². The van der Waals surface area contributed by atoms with E-state index in [1.807, 2.05) is 24.8 Å². The van der Waals surface area contributed by atoms with Crippen molar-refractivity contribution in [3.63, 3.8) is 0 Å². The van der Waals surface area contributed by atoms with E-state index in [0.717, 1.165) is 0 Å². The SMILES string of the molecule is C[C@@H]1CN(c2ccc(NC(=O)[C@@H]3CC=CC[C@@H]3C(=O)O)cc2F)C[C@H](C)O1. The monoisotopic (exact) mass is 376 g/mol. The van der Waals surface area contributed by atoms with Crippen LogP contribution in [0.25, 0.3) is 0 Å². The highest BCUT2D eigenvalue weighted by Crippen LogP contribution is 2.29. The smallest absolute Gasteiger partial charge is 0.307 e. The van der Waals surface area contributed by atoms with Gasteiger partial charge in [0.25, 0.3) is 0 Å². The average Bonchev–Trinajstić information content (AvgIpc) is 2.60. The van der Waals surface area contributed by atoms with Gasteiger partial charge in [-0.15, -0.1) is 0 Å². The first-order valence-corrected chi connectivity index (χ1v) is 9.23. The third kappa shape index (κ3) is 4.47. The lowest BCUT2D eigenvalue weighted by molar-refractivity contribution is -0.146. The van der Waals surface area contributed by atoms with Crippen molar-refractivity contribution in [2.75, 3.05) is 23.3 Å². The fourth-order valence-corrected chi connectivity index (χ4v) is 3.83. The van der Waals surface area contributed by atoms with Crippen molar-refractivity contribution < 1.29 is 23.8 Å². The number of benzene rings is 1. The van der Waals surface area contributed by atoms with Crippen molar-refractivity contribution in [3.8, 4) is 0 Å². The first-order valence-electron chi connectivity index (χ1n) is 9.23. The number of anilines is 2. The van der Waals surface area contributed by atoms with Crippen LogP contribution in [0.1, 0.15) is 26.7 Å². The number of carbonyl (C=O) groups excluding carboxylic acids is 1. The van der Waals surface area contributed by atoms with Gasteiger partial charge in [-0.2, -0.15) is 0 Å². The molecule has 1 fully saturated rings. The summed E-state index contributed by atoms with van der Waals surface area (Å²) in [7, 11) is 0. The maximum atomic E-state index is 14.6. The van der Waals surface area contributed by atoms with Gasteiger partial charge >= 0.3 is 5.97 Å². The number of carboxylic acids is 1. The third-order valence-corrected chi connectivity index (χ3v) is 5.06. The van der Waals surface area contributed by atoms with Crippen molar-refractivity contribution >= 4 is 23.3 Å². The molecule has 0 saturated carbocycles. The second kappa shape index (κ2) is 8.08. The Morgan fingerprint density at radius 1 is 1.15 bits per heavy atom. The standard InChI is InChI=1S/C20H25FN2O4/c1-12-10-23(11-13(2)27-12)18-8-7-14(9-17(18)21)22-19(24)15-5-3-4-6-16(15)20(25)26/h3-4,7-9,12-13,15-16H,5-6,10-11H2,1-2H3,(H,22,24)(H,25,26)/t12-,13+,15-,16+/m1/s1. The Kier molecular flexibility index (Phi) is 5.79. The molecule has 0 aromatic heterocycles. The van der Waals surface area contributed by atoms with E-state index in [0.29, 0.717) is 37.3 Å². The number of hydrogen-bond donors (Lipinski definition) is 2. The molecule has 0 spiro atoms. The Balaban J connectivity index is 1.71. The quantitative estimate of drug-likeness (QED) is 0.790. The summed E-state index contributed by atoms with van der Waals surface area (Å²) in [4.78, 5) is 25.8. The fourth-order valence-electron chi connectivity index (χ4n) is 3.83. The van der Waals surface area contributed by atoms with Crippen molar-refractivity contribution in [1.82, 2.24) is 0 Å². The summed E-state index contributed by atoms with van der Waals surface area (Å²) in [5, 5.41) is 12.0. The van der Waals surface area contributed by atoms with Gasteiger partial charge in [0.05, 0.1) is 29.7 Å². The molecule has 146 valence electrons. The number of carboxylic acid groups (broad SMARTS) is 1. The van der Waals surface area contributed by atoms with E-state index < -0.39 is 29.5 Å². The van der Waals surface area contributed by atoms with Gasteiger partial charge in [-0.3, -0.25) is 9.59 Å². The minimum atomic E-state index is -0.989. The number of carbonyl (C=O) groups is 2.